The Kier molecular flexibility index (Phi) is 5.02. The molecule has 12 nitrogen and oxygen atoms in total. The van der Waals surface area contributed by atoms with E-state index in [9.17, 15) is 4.79 Å². The number of fused-ring (bicyclic) bond motifs is 1. The largest absolute Gasteiger partial charge is 0.383 e. The van der Waals surface area contributed by atoms with Gasteiger partial charge in [0.25, 0.3) is 5.56 Å². The topological polar surface area (TPSA) is 155 Å². The van der Waals surface area contributed by atoms with Crippen LogP contribution in [0.25, 0.3) is 33.4 Å². The lowest BCUT2D eigenvalue weighted by atomic mass is 10.0. The van der Waals surface area contributed by atoms with Gasteiger partial charge in [0.05, 0.1) is 23.1 Å². The number of hydrogen-bond acceptors (Lipinski definition) is 10. The van der Waals surface area contributed by atoms with Gasteiger partial charge in [0.1, 0.15) is 29.4 Å². The minimum absolute atomic E-state index is 0.0678. The molecule has 1 saturated carbocycles. The van der Waals surface area contributed by atoms with E-state index in [-0.39, 0.29) is 29.3 Å². The van der Waals surface area contributed by atoms with Crippen molar-refractivity contribution in [1.82, 2.24) is 39.4 Å². The third-order valence-corrected chi connectivity index (χ3v) is 6.25. The number of nitrogens with one attached hydrogen (secondary N) is 1. The molecule has 0 bridgehead atoms. The maximum absolute atomic E-state index is 13.9. The number of aryl methyl sites for hydroxylation is 2. The zero-order valence-corrected chi connectivity index (χ0v) is 20.0. The van der Waals surface area contributed by atoms with Crippen molar-refractivity contribution in [1.29, 1.82) is 0 Å². The summed E-state index contributed by atoms with van der Waals surface area (Å²) in [5.41, 5.74) is 8.83. The lowest BCUT2D eigenvalue weighted by Gasteiger charge is -2.21. The number of hydrogen-bond donors (Lipinski definition) is 2. The molecular formula is C24H24N10O2. The molecule has 1 fully saturated rings. The van der Waals surface area contributed by atoms with Crippen molar-refractivity contribution in [2.24, 2.45) is 7.05 Å². The van der Waals surface area contributed by atoms with Crippen LogP contribution in [0.1, 0.15) is 43.6 Å². The number of nitrogen functional groups attached to an aromatic ring is 1. The Morgan fingerprint density at radius 1 is 1.22 bits per heavy atom. The summed E-state index contributed by atoms with van der Waals surface area (Å²) in [6, 6.07) is 5.42. The van der Waals surface area contributed by atoms with Crippen molar-refractivity contribution in [2.45, 2.75) is 38.8 Å². The Morgan fingerprint density at radius 3 is 2.75 bits per heavy atom. The molecule has 1 aliphatic carbocycles. The highest BCUT2D eigenvalue weighted by Crippen LogP contribution is 2.38. The fourth-order valence-corrected chi connectivity index (χ4v) is 4.45. The Labute approximate surface area is 205 Å². The molecule has 6 rings (SSSR count). The summed E-state index contributed by atoms with van der Waals surface area (Å²) in [5, 5.41) is 12.2. The van der Waals surface area contributed by atoms with Crippen LogP contribution in [0.2, 0.25) is 0 Å². The van der Waals surface area contributed by atoms with E-state index in [1.54, 1.807) is 17.8 Å². The fourth-order valence-electron chi connectivity index (χ4n) is 4.45. The van der Waals surface area contributed by atoms with Gasteiger partial charge in [-0.2, -0.15) is 10.1 Å². The van der Waals surface area contributed by atoms with Crippen LogP contribution in [0.3, 0.4) is 0 Å². The van der Waals surface area contributed by atoms with E-state index < -0.39 is 0 Å². The molecule has 1 aromatic carbocycles. The van der Waals surface area contributed by atoms with E-state index in [1.165, 1.54) is 6.33 Å². The van der Waals surface area contributed by atoms with E-state index in [2.05, 4.69) is 30.5 Å². The molecule has 1 aliphatic rings. The second-order valence-electron chi connectivity index (χ2n) is 8.96. The van der Waals surface area contributed by atoms with Gasteiger partial charge in [-0.1, -0.05) is 17.3 Å². The summed E-state index contributed by atoms with van der Waals surface area (Å²) in [6.45, 7) is 3.63. The second kappa shape index (κ2) is 8.26. The molecule has 0 radical (unpaired) electrons. The molecule has 3 N–H and O–H groups in total. The van der Waals surface area contributed by atoms with Crippen molar-refractivity contribution in [3.8, 4) is 22.5 Å². The molecule has 36 heavy (non-hydrogen) atoms. The summed E-state index contributed by atoms with van der Waals surface area (Å²) >= 11 is 0. The van der Waals surface area contributed by atoms with Crippen LogP contribution < -0.4 is 16.6 Å². The number of anilines is 2. The Balaban J connectivity index is 1.47. The van der Waals surface area contributed by atoms with E-state index in [0.717, 1.165) is 24.0 Å². The number of rotatable bonds is 6. The molecule has 4 heterocycles. The monoisotopic (exact) mass is 484 g/mol. The summed E-state index contributed by atoms with van der Waals surface area (Å²) in [6.07, 6.45) is 6.87. The van der Waals surface area contributed by atoms with Crippen LogP contribution in [-0.4, -0.2) is 39.4 Å². The zero-order valence-electron chi connectivity index (χ0n) is 20.0. The molecule has 12 heteroatoms. The summed E-state index contributed by atoms with van der Waals surface area (Å²) in [7, 11) is 1.85. The first-order valence-corrected chi connectivity index (χ1v) is 11.6. The first-order valence-electron chi connectivity index (χ1n) is 11.6. The van der Waals surface area contributed by atoms with Gasteiger partial charge in [-0.3, -0.25) is 14.0 Å². The van der Waals surface area contributed by atoms with Gasteiger partial charge < -0.3 is 15.6 Å². The lowest BCUT2D eigenvalue weighted by Crippen LogP contribution is -2.28. The van der Waals surface area contributed by atoms with Gasteiger partial charge in [-0.05, 0) is 31.4 Å². The Hall–Kier alpha value is -4.61. The van der Waals surface area contributed by atoms with Crippen molar-refractivity contribution in [3.63, 3.8) is 0 Å². The average Bonchev–Trinajstić information content (AvgIpc) is 3.45. The van der Waals surface area contributed by atoms with Crippen molar-refractivity contribution in [3.05, 3.63) is 59.0 Å². The standard InChI is InChI=1S/C24H24N10O2/c1-12(29-21-19(20(25)26-11-27-21)22-30-13(2)36-32-22)23-31-17-6-4-5-16(14-9-28-33(3)10-14)18(17)24(35)34(23)15-7-8-15/h4-6,9-12,15H,7-8H2,1-3H3,(H3,25,26,27,29)/t12-/m0/s1. The Morgan fingerprint density at radius 2 is 2.06 bits per heavy atom. The maximum atomic E-state index is 13.9. The minimum Gasteiger partial charge on any atom is -0.383 e. The van der Waals surface area contributed by atoms with E-state index in [1.807, 2.05) is 42.9 Å². The van der Waals surface area contributed by atoms with Crippen LogP contribution in [-0.2, 0) is 7.05 Å². The molecule has 1 atom stereocenters. The smallest absolute Gasteiger partial charge is 0.262 e. The van der Waals surface area contributed by atoms with Crippen LogP contribution >= 0.6 is 0 Å². The highest BCUT2D eigenvalue weighted by atomic mass is 16.5. The maximum Gasteiger partial charge on any atom is 0.262 e. The summed E-state index contributed by atoms with van der Waals surface area (Å²) in [4.78, 5) is 31.6. The van der Waals surface area contributed by atoms with Crippen LogP contribution in [0, 0.1) is 6.92 Å². The predicted octanol–water partition coefficient (Wildman–Crippen LogP) is 3.04. The van der Waals surface area contributed by atoms with E-state index in [0.29, 0.717) is 34.0 Å². The number of benzene rings is 1. The van der Waals surface area contributed by atoms with Crippen molar-refractivity contribution < 1.29 is 4.52 Å². The van der Waals surface area contributed by atoms with Gasteiger partial charge in [0.15, 0.2) is 0 Å². The highest BCUT2D eigenvalue weighted by Gasteiger charge is 2.31. The quantitative estimate of drug-likeness (QED) is 0.367. The first-order chi connectivity index (χ1) is 17.4. The van der Waals surface area contributed by atoms with Gasteiger partial charge in [0, 0.05) is 31.8 Å². The third kappa shape index (κ3) is 3.67. The van der Waals surface area contributed by atoms with Gasteiger partial charge in [-0.25, -0.2) is 15.0 Å². The van der Waals surface area contributed by atoms with Crippen molar-refractivity contribution in [2.75, 3.05) is 11.1 Å². The minimum atomic E-state index is -0.384. The summed E-state index contributed by atoms with van der Waals surface area (Å²) < 4.78 is 8.65. The number of aromatic nitrogens is 8. The molecular weight excluding hydrogens is 460 g/mol. The van der Waals surface area contributed by atoms with Crippen molar-refractivity contribution >= 4 is 22.5 Å². The van der Waals surface area contributed by atoms with E-state index >= 15 is 0 Å². The normalized spacial score (nSPS) is 14.3. The average molecular weight is 485 g/mol. The molecule has 0 saturated heterocycles. The molecule has 0 unspecified atom stereocenters. The molecule has 0 aliphatic heterocycles. The number of nitrogens with zero attached hydrogens (tertiary/aromatic N) is 8. The molecule has 4 aromatic heterocycles. The molecule has 182 valence electrons. The fraction of sp³-hybridized carbons (Fsp3) is 0.292. The second-order valence-corrected chi connectivity index (χ2v) is 8.96. The molecule has 5 aromatic rings. The van der Waals surface area contributed by atoms with Gasteiger partial charge >= 0.3 is 0 Å². The van der Waals surface area contributed by atoms with Crippen LogP contribution in [0.15, 0.2) is 46.2 Å². The van der Waals surface area contributed by atoms with Gasteiger partial charge in [0.2, 0.25) is 11.7 Å². The third-order valence-electron chi connectivity index (χ3n) is 6.25. The van der Waals surface area contributed by atoms with E-state index in [4.69, 9.17) is 15.2 Å². The number of nitrogens with two attached hydrogens (primary N) is 1. The SMILES string of the molecule is Cc1nc(-c2c(N)ncnc2N[C@@H](C)c2nc3cccc(-c4cnn(C)c4)c3c(=O)n2C2CC2)no1. The zero-order chi connectivity index (χ0) is 25.0. The lowest BCUT2D eigenvalue weighted by molar-refractivity contribution is 0.394. The van der Waals surface area contributed by atoms with Crippen LogP contribution in [0.4, 0.5) is 11.6 Å². The molecule has 0 spiro atoms. The van der Waals surface area contributed by atoms with Gasteiger partial charge in [-0.15, -0.1) is 0 Å². The predicted molar refractivity (Wildman–Crippen MR) is 133 cm³/mol. The molecule has 0 amide bonds. The Bertz CT molecular complexity index is 1660. The highest BCUT2D eigenvalue weighted by molar-refractivity contribution is 5.93. The van der Waals surface area contributed by atoms with Crippen LogP contribution in [0.5, 0.6) is 0 Å². The first kappa shape index (κ1) is 21.9. The summed E-state index contributed by atoms with van der Waals surface area (Å²) in [5.74, 6) is 1.94.